The molecule has 1 aliphatic rings. The summed E-state index contributed by atoms with van der Waals surface area (Å²) in [7, 11) is 0. The average Bonchev–Trinajstić information content (AvgIpc) is 3.09. The minimum absolute atomic E-state index is 0.0753. The van der Waals surface area contributed by atoms with E-state index in [4.69, 9.17) is 9.47 Å². The molecule has 0 bridgehead atoms. The minimum Gasteiger partial charge on any atom is -0.487 e. The van der Waals surface area contributed by atoms with Crippen LogP contribution in [0, 0.1) is 9.39 Å². The smallest absolute Gasteiger partial charge is 0.363 e. The van der Waals surface area contributed by atoms with Crippen LogP contribution >= 0.6 is 54.5 Å². The third-order valence-electron chi connectivity index (χ3n) is 4.31. The van der Waals surface area contributed by atoms with Crippen LogP contribution in [0.5, 0.6) is 5.75 Å². The van der Waals surface area contributed by atoms with Crippen LogP contribution in [0.2, 0.25) is 0 Å². The van der Waals surface area contributed by atoms with Gasteiger partial charge in [0.15, 0.2) is 5.70 Å². The van der Waals surface area contributed by atoms with Gasteiger partial charge in [0.1, 0.15) is 18.2 Å². The molecule has 0 radical (unpaired) electrons. The van der Waals surface area contributed by atoms with Gasteiger partial charge in [-0.05, 0) is 114 Å². The molecule has 0 aliphatic carbocycles. The molecule has 4 rings (SSSR count). The summed E-state index contributed by atoms with van der Waals surface area (Å²) in [5.74, 6) is -0.294. The normalized spacial score (nSPS) is 14.5. The third-order valence-corrected chi connectivity index (χ3v) is 6.21. The van der Waals surface area contributed by atoms with Crippen LogP contribution in [-0.2, 0) is 16.1 Å². The van der Waals surface area contributed by atoms with Crippen molar-refractivity contribution in [3.63, 3.8) is 0 Å². The van der Waals surface area contributed by atoms with Crippen LogP contribution in [0.1, 0.15) is 16.7 Å². The molecule has 0 saturated carbocycles. The Labute approximate surface area is 208 Å². The number of rotatable bonds is 5. The van der Waals surface area contributed by atoms with E-state index in [2.05, 4.69) is 59.4 Å². The molecule has 0 amide bonds. The number of nitrogens with zero attached hydrogens (tertiary/aromatic N) is 1. The highest BCUT2D eigenvalue weighted by atomic mass is 127. The highest BCUT2D eigenvalue weighted by Crippen LogP contribution is 2.36. The summed E-state index contributed by atoms with van der Waals surface area (Å²) in [6.07, 6.45) is 1.60. The first-order valence-corrected chi connectivity index (χ1v) is 11.7. The van der Waals surface area contributed by atoms with Gasteiger partial charge in [-0.2, -0.15) is 0 Å². The summed E-state index contributed by atoms with van der Waals surface area (Å²) in [5, 5.41) is 0. The van der Waals surface area contributed by atoms with E-state index in [1.807, 2.05) is 36.4 Å². The van der Waals surface area contributed by atoms with Gasteiger partial charge < -0.3 is 9.47 Å². The van der Waals surface area contributed by atoms with Gasteiger partial charge in [-0.25, -0.2) is 14.2 Å². The molecule has 0 aromatic heterocycles. The van der Waals surface area contributed by atoms with Gasteiger partial charge in [-0.15, -0.1) is 0 Å². The van der Waals surface area contributed by atoms with Gasteiger partial charge in [0.25, 0.3) is 0 Å². The van der Waals surface area contributed by atoms with Gasteiger partial charge in [-0.1, -0.05) is 18.2 Å². The van der Waals surface area contributed by atoms with Crippen molar-refractivity contribution >= 4 is 72.4 Å². The van der Waals surface area contributed by atoms with Gasteiger partial charge in [0, 0.05) is 9.13 Å². The number of halogens is 4. The largest absolute Gasteiger partial charge is 0.487 e. The topological polar surface area (TPSA) is 47.9 Å². The van der Waals surface area contributed by atoms with Crippen molar-refractivity contribution in [1.82, 2.24) is 0 Å². The molecule has 0 unspecified atom stereocenters. The first-order valence-electron chi connectivity index (χ1n) is 9.04. The third kappa shape index (κ3) is 5.42. The van der Waals surface area contributed by atoms with Crippen molar-refractivity contribution < 1.29 is 18.7 Å². The predicted molar refractivity (Wildman–Crippen MR) is 132 cm³/mol. The van der Waals surface area contributed by atoms with Gasteiger partial charge in [0.2, 0.25) is 5.90 Å². The summed E-state index contributed by atoms with van der Waals surface area (Å²) in [5.41, 5.74) is 2.30. The summed E-state index contributed by atoms with van der Waals surface area (Å²) >= 11 is 9.31. The Morgan fingerprint density at radius 3 is 2.45 bits per heavy atom. The second kappa shape index (κ2) is 9.62. The molecule has 1 aliphatic heterocycles. The van der Waals surface area contributed by atoms with Gasteiger partial charge >= 0.3 is 5.97 Å². The van der Waals surface area contributed by atoms with Crippen molar-refractivity contribution in [2.24, 2.45) is 4.99 Å². The Kier molecular flexibility index (Phi) is 6.88. The molecule has 8 heteroatoms. The molecule has 4 nitrogen and oxygen atoms in total. The maximum absolute atomic E-state index is 13.4. The molecule has 3 aromatic carbocycles. The number of ether oxygens (including phenoxy) is 2. The van der Waals surface area contributed by atoms with Crippen LogP contribution in [0.4, 0.5) is 4.39 Å². The number of cyclic esters (lactones) is 1. The second-order valence-electron chi connectivity index (χ2n) is 6.58. The maximum atomic E-state index is 13.4. The maximum Gasteiger partial charge on any atom is 0.363 e. The van der Waals surface area contributed by atoms with E-state index in [0.29, 0.717) is 17.9 Å². The van der Waals surface area contributed by atoms with E-state index in [-0.39, 0.29) is 11.6 Å². The Hall–Kier alpha value is -2.04. The molecule has 3 aromatic rings. The summed E-state index contributed by atoms with van der Waals surface area (Å²) in [6, 6.07) is 17.5. The first kappa shape index (κ1) is 22.2. The molecule has 0 N–H and O–H groups in total. The Balaban J connectivity index is 1.55. The SMILES string of the molecule is O=C1OC(c2cccc(F)c2)=N/C1=C\c1cc(Br)c(OCc2ccc(I)cc2)c(Br)c1. The average molecular weight is 657 g/mol. The van der Waals surface area contributed by atoms with E-state index in [0.717, 1.165) is 23.6 Å². The Bertz CT molecular complexity index is 1200. The predicted octanol–water partition coefficient (Wildman–Crippen LogP) is 6.88. The number of benzene rings is 3. The fraction of sp³-hybridized carbons (Fsp3) is 0.0435. The fourth-order valence-electron chi connectivity index (χ4n) is 2.85. The quantitative estimate of drug-likeness (QED) is 0.171. The number of esters is 1. The van der Waals surface area contributed by atoms with Crippen LogP contribution < -0.4 is 4.74 Å². The zero-order valence-electron chi connectivity index (χ0n) is 15.7. The van der Waals surface area contributed by atoms with Gasteiger partial charge in [0.05, 0.1) is 8.95 Å². The Morgan fingerprint density at radius 2 is 1.77 bits per heavy atom. The lowest BCUT2D eigenvalue weighted by Crippen LogP contribution is -2.05. The van der Waals surface area contributed by atoms with Crippen LogP contribution in [-0.4, -0.2) is 11.9 Å². The van der Waals surface area contributed by atoms with E-state index in [1.54, 1.807) is 12.1 Å². The second-order valence-corrected chi connectivity index (χ2v) is 9.53. The number of aliphatic imine (C=N–C) groups is 1. The number of hydrogen-bond donors (Lipinski definition) is 0. The number of hydrogen-bond acceptors (Lipinski definition) is 4. The van der Waals surface area contributed by atoms with Crippen molar-refractivity contribution in [2.45, 2.75) is 6.61 Å². The summed E-state index contributed by atoms with van der Waals surface area (Å²) in [4.78, 5) is 16.4. The summed E-state index contributed by atoms with van der Waals surface area (Å²) in [6.45, 7) is 0.419. The van der Waals surface area contributed by atoms with Crippen molar-refractivity contribution in [3.05, 3.63) is 101 Å². The number of carbonyl (C=O) groups is 1. The van der Waals surface area contributed by atoms with E-state index < -0.39 is 11.8 Å². The monoisotopic (exact) mass is 655 g/mol. The zero-order chi connectivity index (χ0) is 22.0. The molecule has 0 spiro atoms. The number of carbonyl (C=O) groups excluding carboxylic acids is 1. The zero-order valence-corrected chi connectivity index (χ0v) is 21.1. The minimum atomic E-state index is -0.592. The lowest BCUT2D eigenvalue weighted by molar-refractivity contribution is -0.129. The lowest BCUT2D eigenvalue weighted by atomic mass is 10.2. The van der Waals surface area contributed by atoms with E-state index >= 15 is 0 Å². The Morgan fingerprint density at radius 1 is 1.06 bits per heavy atom. The van der Waals surface area contributed by atoms with E-state index in [9.17, 15) is 9.18 Å². The molecule has 0 fully saturated rings. The molecule has 31 heavy (non-hydrogen) atoms. The molecular weight excluding hydrogens is 644 g/mol. The van der Waals surface area contributed by atoms with E-state index in [1.165, 1.54) is 18.2 Å². The van der Waals surface area contributed by atoms with Crippen molar-refractivity contribution in [3.8, 4) is 5.75 Å². The van der Waals surface area contributed by atoms with Crippen molar-refractivity contribution in [1.29, 1.82) is 0 Å². The molecular formula is C23H13Br2FINO3. The summed E-state index contributed by atoms with van der Waals surface area (Å²) < 4.78 is 27.2. The highest BCUT2D eigenvalue weighted by molar-refractivity contribution is 14.1. The highest BCUT2D eigenvalue weighted by Gasteiger charge is 2.24. The molecule has 156 valence electrons. The standard InChI is InChI=1S/C23H13Br2FINO3/c24-18-8-14(9-19(25)21(18)30-12-13-4-6-17(27)7-5-13)10-20-23(29)31-22(28-20)15-2-1-3-16(26)11-15/h1-11H,12H2/b20-10-. The van der Waals surface area contributed by atoms with Crippen LogP contribution in [0.25, 0.3) is 6.08 Å². The van der Waals surface area contributed by atoms with Crippen molar-refractivity contribution in [2.75, 3.05) is 0 Å². The van der Waals surface area contributed by atoms with Gasteiger partial charge in [-0.3, -0.25) is 0 Å². The first-order chi connectivity index (χ1) is 14.9. The molecule has 0 saturated heterocycles. The fourth-order valence-corrected chi connectivity index (χ4v) is 4.66. The molecule has 1 heterocycles. The van der Waals surface area contributed by atoms with Crippen LogP contribution in [0.15, 0.2) is 80.3 Å². The van der Waals surface area contributed by atoms with Crippen LogP contribution in [0.3, 0.4) is 0 Å². The molecule has 0 atom stereocenters. The lowest BCUT2D eigenvalue weighted by Gasteiger charge is -2.11.